The van der Waals surface area contributed by atoms with Crippen LogP contribution in [-0.2, 0) is 4.74 Å². The summed E-state index contributed by atoms with van der Waals surface area (Å²) in [5.41, 5.74) is 5.80. The van der Waals surface area contributed by atoms with Crippen molar-refractivity contribution < 1.29 is 4.74 Å². The molecule has 10 heavy (non-hydrogen) atoms. The first-order chi connectivity index (χ1) is 4.17. The maximum Gasteiger partial charge on any atom is 0.0748 e. The molecule has 1 aliphatic rings. The number of ether oxygens (including phenoxy) is 1. The summed E-state index contributed by atoms with van der Waals surface area (Å²) in [4.78, 5) is 0. The van der Waals surface area contributed by atoms with E-state index in [1.165, 1.54) is 0 Å². The first-order valence-electron chi connectivity index (χ1n) is 3.48. The number of hydrogen-bond acceptors (Lipinski definition) is 2. The Morgan fingerprint density at radius 1 is 1.60 bits per heavy atom. The normalized spacial score (nSPS) is 29.7. The SMILES string of the molecule is CC1(C)CCO[C@@H]1CN.Cl. The summed E-state index contributed by atoms with van der Waals surface area (Å²) in [6.45, 7) is 5.96. The van der Waals surface area contributed by atoms with Crippen molar-refractivity contribution in [3.05, 3.63) is 0 Å². The Labute approximate surface area is 68.5 Å². The Morgan fingerprint density at radius 3 is 2.40 bits per heavy atom. The second-order valence-electron chi connectivity index (χ2n) is 3.33. The summed E-state index contributed by atoms with van der Waals surface area (Å²) in [6.07, 6.45) is 1.44. The second kappa shape index (κ2) is 3.56. The third-order valence-electron chi connectivity index (χ3n) is 2.15. The molecular formula is C7H16ClNO. The Bertz CT molecular complexity index is 106. The van der Waals surface area contributed by atoms with Crippen LogP contribution in [0, 0.1) is 5.41 Å². The molecule has 0 amide bonds. The van der Waals surface area contributed by atoms with Gasteiger partial charge in [-0.05, 0) is 11.8 Å². The van der Waals surface area contributed by atoms with Gasteiger partial charge in [0, 0.05) is 13.2 Å². The lowest BCUT2D eigenvalue weighted by atomic mass is 9.86. The topological polar surface area (TPSA) is 35.2 Å². The van der Waals surface area contributed by atoms with Crippen LogP contribution in [-0.4, -0.2) is 19.3 Å². The van der Waals surface area contributed by atoms with Gasteiger partial charge in [0.1, 0.15) is 0 Å². The van der Waals surface area contributed by atoms with Crippen LogP contribution in [0.3, 0.4) is 0 Å². The lowest BCUT2D eigenvalue weighted by Gasteiger charge is -2.23. The van der Waals surface area contributed by atoms with Crippen LogP contribution < -0.4 is 5.73 Å². The molecule has 0 saturated carbocycles. The molecule has 62 valence electrons. The molecule has 1 fully saturated rings. The predicted molar refractivity (Wildman–Crippen MR) is 44.4 cm³/mol. The van der Waals surface area contributed by atoms with E-state index in [-0.39, 0.29) is 18.5 Å². The van der Waals surface area contributed by atoms with Gasteiger partial charge >= 0.3 is 0 Å². The van der Waals surface area contributed by atoms with E-state index in [0.717, 1.165) is 13.0 Å². The van der Waals surface area contributed by atoms with Crippen molar-refractivity contribution in [2.45, 2.75) is 26.4 Å². The van der Waals surface area contributed by atoms with Gasteiger partial charge in [-0.3, -0.25) is 0 Å². The third kappa shape index (κ3) is 1.84. The molecule has 0 bridgehead atoms. The molecule has 1 atom stereocenters. The smallest absolute Gasteiger partial charge is 0.0748 e. The van der Waals surface area contributed by atoms with E-state index in [1.807, 2.05) is 0 Å². The van der Waals surface area contributed by atoms with Gasteiger partial charge in [-0.1, -0.05) is 13.8 Å². The van der Waals surface area contributed by atoms with Gasteiger partial charge in [0.05, 0.1) is 6.10 Å². The first-order valence-corrected chi connectivity index (χ1v) is 3.48. The quantitative estimate of drug-likeness (QED) is 0.634. The van der Waals surface area contributed by atoms with Crippen molar-refractivity contribution in [1.82, 2.24) is 0 Å². The van der Waals surface area contributed by atoms with Crippen LogP contribution in [0.25, 0.3) is 0 Å². The lowest BCUT2D eigenvalue weighted by Crippen LogP contribution is -2.31. The van der Waals surface area contributed by atoms with Crippen molar-refractivity contribution in [3.63, 3.8) is 0 Å². The highest BCUT2D eigenvalue weighted by Gasteiger charge is 2.34. The fourth-order valence-corrected chi connectivity index (χ4v) is 1.24. The van der Waals surface area contributed by atoms with Gasteiger partial charge in [0.2, 0.25) is 0 Å². The molecule has 1 aliphatic heterocycles. The standard InChI is InChI=1S/C7H15NO.ClH/c1-7(2)3-4-9-6(7)5-8;/h6H,3-5,8H2,1-2H3;1H/t6-;/m1./s1. The zero-order chi connectivity index (χ0) is 6.91. The van der Waals surface area contributed by atoms with E-state index < -0.39 is 0 Å². The van der Waals surface area contributed by atoms with Crippen molar-refractivity contribution in [1.29, 1.82) is 0 Å². The zero-order valence-electron chi connectivity index (χ0n) is 6.59. The minimum atomic E-state index is 0. The number of hydrogen-bond donors (Lipinski definition) is 1. The third-order valence-corrected chi connectivity index (χ3v) is 2.15. The molecule has 0 aromatic carbocycles. The average molecular weight is 166 g/mol. The molecule has 0 aliphatic carbocycles. The summed E-state index contributed by atoms with van der Waals surface area (Å²) in [7, 11) is 0. The summed E-state index contributed by atoms with van der Waals surface area (Å²) in [5, 5.41) is 0. The van der Waals surface area contributed by atoms with E-state index in [1.54, 1.807) is 0 Å². The molecule has 0 unspecified atom stereocenters. The van der Waals surface area contributed by atoms with Crippen LogP contribution >= 0.6 is 12.4 Å². The van der Waals surface area contributed by atoms with Crippen molar-refractivity contribution in [2.75, 3.05) is 13.2 Å². The number of rotatable bonds is 1. The highest BCUT2D eigenvalue weighted by molar-refractivity contribution is 5.85. The molecule has 1 saturated heterocycles. The summed E-state index contributed by atoms with van der Waals surface area (Å²) >= 11 is 0. The van der Waals surface area contributed by atoms with Crippen LogP contribution in [0.15, 0.2) is 0 Å². The van der Waals surface area contributed by atoms with E-state index in [2.05, 4.69) is 13.8 Å². The molecule has 3 heteroatoms. The first kappa shape index (κ1) is 10.2. The van der Waals surface area contributed by atoms with Gasteiger partial charge in [0.25, 0.3) is 0 Å². The average Bonchev–Trinajstić information content (AvgIpc) is 2.08. The minimum Gasteiger partial charge on any atom is -0.376 e. The highest BCUT2D eigenvalue weighted by Crippen LogP contribution is 2.32. The van der Waals surface area contributed by atoms with Crippen molar-refractivity contribution in [2.24, 2.45) is 11.1 Å². The molecule has 1 heterocycles. The van der Waals surface area contributed by atoms with Crippen LogP contribution in [0.1, 0.15) is 20.3 Å². The van der Waals surface area contributed by atoms with Gasteiger partial charge in [-0.15, -0.1) is 12.4 Å². The van der Waals surface area contributed by atoms with Gasteiger partial charge in [0.15, 0.2) is 0 Å². The molecule has 2 N–H and O–H groups in total. The molecule has 1 rings (SSSR count). The largest absolute Gasteiger partial charge is 0.376 e. The predicted octanol–water partition coefficient (Wildman–Crippen LogP) is 1.18. The summed E-state index contributed by atoms with van der Waals surface area (Å²) < 4.78 is 5.39. The van der Waals surface area contributed by atoms with E-state index in [9.17, 15) is 0 Å². The second-order valence-corrected chi connectivity index (χ2v) is 3.33. The summed E-state index contributed by atoms with van der Waals surface area (Å²) in [5.74, 6) is 0. The van der Waals surface area contributed by atoms with Crippen molar-refractivity contribution in [3.8, 4) is 0 Å². The molecular weight excluding hydrogens is 150 g/mol. The molecule has 0 spiro atoms. The number of nitrogens with two attached hydrogens (primary N) is 1. The number of halogens is 1. The lowest BCUT2D eigenvalue weighted by molar-refractivity contribution is 0.0713. The van der Waals surface area contributed by atoms with Gasteiger partial charge in [-0.2, -0.15) is 0 Å². The summed E-state index contributed by atoms with van der Waals surface area (Å²) in [6, 6.07) is 0. The van der Waals surface area contributed by atoms with Gasteiger partial charge in [-0.25, -0.2) is 0 Å². The molecule has 0 radical (unpaired) electrons. The fraction of sp³-hybridized carbons (Fsp3) is 1.00. The minimum absolute atomic E-state index is 0. The maximum atomic E-state index is 5.48. The zero-order valence-corrected chi connectivity index (χ0v) is 7.41. The van der Waals surface area contributed by atoms with E-state index >= 15 is 0 Å². The Kier molecular flexibility index (Phi) is 3.63. The van der Waals surface area contributed by atoms with E-state index in [0.29, 0.717) is 12.0 Å². The van der Waals surface area contributed by atoms with Crippen LogP contribution in [0.2, 0.25) is 0 Å². The fourth-order valence-electron chi connectivity index (χ4n) is 1.24. The van der Waals surface area contributed by atoms with Crippen molar-refractivity contribution >= 4 is 12.4 Å². The Balaban J connectivity index is 0.000000810. The maximum absolute atomic E-state index is 5.48. The monoisotopic (exact) mass is 165 g/mol. The molecule has 0 aromatic rings. The molecule has 2 nitrogen and oxygen atoms in total. The highest BCUT2D eigenvalue weighted by atomic mass is 35.5. The van der Waals surface area contributed by atoms with E-state index in [4.69, 9.17) is 10.5 Å². The van der Waals surface area contributed by atoms with Crippen LogP contribution in [0.4, 0.5) is 0 Å². The van der Waals surface area contributed by atoms with Crippen LogP contribution in [0.5, 0.6) is 0 Å². The van der Waals surface area contributed by atoms with Gasteiger partial charge < -0.3 is 10.5 Å². The Hall–Kier alpha value is 0.210. The Morgan fingerprint density at radius 2 is 2.20 bits per heavy atom. The molecule has 0 aromatic heterocycles.